The summed E-state index contributed by atoms with van der Waals surface area (Å²) < 4.78 is 5.41. The Morgan fingerprint density at radius 1 is 1.12 bits per heavy atom. The maximum Gasteiger partial charge on any atom is 0.317 e. The predicted molar refractivity (Wildman–Crippen MR) is 128 cm³/mol. The molecule has 2 N–H and O–H groups in total. The summed E-state index contributed by atoms with van der Waals surface area (Å²) in [6, 6.07) is 16.9. The van der Waals surface area contributed by atoms with E-state index < -0.39 is 5.60 Å². The Labute approximate surface area is 190 Å². The molecule has 1 aliphatic rings. The van der Waals surface area contributed by atoms with E-state index >= 15 is 0 Å². The summed E-state index contributed by atoms with van der Waals surface area (Å²) in [6.45, 7) is 9.89. The molecule has 3 rings (SSSR count). The van der Waals surface area contributed by atoms with E-state index in [0.717, 1.165) is 24.4 Å². The number of piperazine rings is 1. The van der Waals surface area contributed by atoms with Crippen molar-refractivity contribution in [3.63, 3.8) is 0 Å². The second kappa shape index (κ2) is 10.9. The van der Waals surface area contributed by atoms with Gasteiger partial charge in [0.05, 0.1) is 13.2 Å². The molecule has 0 aromatic heterocycles. The van der Waals surface area contributed by atoms with Crippen LogP contribution in [0.3, 0.4) is 0 Å². The van der Waals surface area contributed by atoms with E-state index in [1.807, 2.05) is 66.4 Å². The molecular weight excluding hydrogens is 402 g/mol. The van der Waals surface area contributed by atoms with Gasteiger partial charge in [-0.1, -0.05) is 60.5 Å². The van der Waals surface area contributed by atoms with Gasteiger partial charge in [-0.2, -0.15) is 0 Å². The average Bonchev–Trinajstić information content (AvgIpc) is 2.84. The van der Waals surface area contributed by atoms with Crippen LogP contribution >= 0.6 is 0 Å². The first-order valence-electron chi connectivity index (χ1n) is 10.8. The maximum atomic E-state index is 12.3. The third kappa shape index (κ3) is 5.70. The van der Waals surface area contributed by atoms with E-state index in [2.05, 4.69) is 22.7 Å². The van der Waals surface area contributed by atoms with Crippen LogP contribution in [0.4, 0.5) is 10.5 Å². The standard InChI is InChI=1S/C26H31N3O3/c1-4-26(31,22-8-6-5-7-9-22)23-10-12-24(13-11-23)28-15-17-29(18-16-28)25(30)27-14-19-32-20-21(2)3/h1,5-13,31H,2,14-20H2,3H3,(H,27,30). The highest BCUT2D eigenvalue weighted by molar-refractivity contribution is 5.74. The van der Waals surface area contributed by atoms with Gasteiger partial charge in [0.1, 0.15) is 0 Å². The van der Waals surface area contributed by atoms with Crippen molar-refractivity contribution in [3.8, 4) is 12.3 Å². The number of nitrogens with one attached hydrogen (secondary N) is 1. The van der Waals surface area contributed by atoms with Crippen molar-refractivity contribution in [2.45, 2.75) is 12.5 Å². The molecule has 6 nitrogen and oxygen atoms in total. The first-order valence-corrected chi connectivity index (χ1v) is 10.8. The molecule has 1 saturated heterocycles. The number of hydrogen-bond acceptors (Lipinski definition) is 4. The van der Waals surface area contributed by atoms with Crippen LogP contribution in [-0.2, 0) is 10.3 Å². The van der Waals surface area contributed by atoms with E-state index in [1.165, 1.54) is 0 Å². The normalized spacial score (nSPS) is 15.5. The minimum atomic E-state index is -1.47. The number of benzene rings is 2. The number of carbonyl (C=O) groups excluding carboxylic acids is 1. The monoisotopic (exact) mass is 433 g/mol. The lowest BCUT2D eigenvalue weighted by Crippen LogP contribution is -2.52. The Kier molecular flexibility index (Phi) is 7.93. The second-order valence-corrected chi connectivity index (χ2v) is 7.98. The summed E-state index contributed by atoms with van der Waals surface area (Å²) in [4.78, 5) is 16.4. The first-order chi connectivity index (χ1) is 15.4. The van der Waals surface area contributed by atoms with Gasteiger partial charge < -0.3 is 25.0 Å². The molecule has 6 heteroatoms. The van der Waals surface area contributed by atoms with Crippen LogP contribution < -0.4 is 10.2 Å². The first kappa shape index (κ1) is 23.4. The fourth-order valence-corrected chi connectivity index (χ4v) is 3.68. The van der Waals surface area contributed by atoms with Crippen LogP contribution in [0.1, 0.15) is 18.1 Å². The molecule has 1 aliphatic heterocycles. The smallest absolute Gasteiger partial charge is 0.317 e. The number of aliphatic hydroxyl groups is 1. The van der Waals surface area contributed by atoms with Gasteiger partial charge in [0.25, 0.3) is 0 Å². The zero-order chi connectivity index (χ0) is 23.0. The minimum Gasteiger partial charge on any atom is -0.375 e. The van der Waals surface area contributed by atoms with Gasteiger partial charge in [-0.15, -0.1) is 6.42 Å². The quantitative estimate of drug-likeness (QED) is 0.382. The fourth-order valence-electron chi connectivity index (χ4n) is 3.68. The van der Waals surface area contributed by atoms with Gasteiger partial charge in [-0.3, -0.25) is 0 Å². The highest BCUT2D eigenvalue weighted by atomic mass is 16.5. The van der Waals surface area contributed by atoms with Gasteiger partial charge in [0, 0.05) is 49.5 Å². The van der Waals surface area contributed by atoms with E-state index in [4.69, 9.17) is 11.2 Å². The Balaban J connectivity index is 1.52. The molecule has 0 aliphatic carbocycles. The summed E-state index contributed by atoms with van der Waals surface area (Å²) in [7, 11) is 0. The highest BCUT2D eigenvalue weighted by Gasteiger charge is 2.29. The largest absolute Gasteiger partial charge is 0.375 e. The number of rotatable bonds is 8. The zero-order valence-electron chi connectivity index (χ0n) is 18.6. The maximum absolute atomic E-state index is 12.3. The van der Waals surface area contributed by atoms with Gasteiger partial charge >= 0.3 is 6.03 Å². The number of urea groups is 1. The van der Waals surface area contributed by atoms with Crippen LogP contribution in [0.25, 0.3) is 0 Å². The van der Waals surface area contributed by atoms with E-state index in [-0.39, 0.29) is 6.03 Å². The fraction of sp³-hybridized carbons (Fsp3) is 0.346. The molecule has 1 atom stereocenters. The molecule has 1 heterocycles. The topological polar surface area (TPSA) is 65.0 Å². The summed E-state index contributed by atoms with van der Waals surface area (Å²) in [6.07, 6.45) is 5.69. The molecule has 2 aromatic rings. The number of nitrogens with zero attached hydrogens (tertiary/aromatic N) is 2. The molecule has 168 valence electrons. The molecule has 2 amide bonds. The number of anilines is 1. The summed E-state index contributed by atoms with van der Waals surface area (Å²) in [5.74, 6) is 2.54. The van der Waals surface area contributed by atoms with E-state index in [1.54, 1.807) is 0 Å². The molecule has 0 radical (unpaired) electrons. The second-order valence-electron chi connectivity index (χ2n) is 7.98. The molecular formula is C26H31N3O3. The lowest BCUT2D eigenvalue weighted by atomic mass is 9.87. The number of carbonyl (C=O) groups is 1. The molecule has 32 heavy (non-hydrogen) atoms. The molecule has 1 unspecified atom stereocenters. The van der Waals surface area contributed by atoms with Crippen LogP contribution in [0.5, 0.6) is 0 Å². The van der Waals surface area contributed by atoms with Crippen LogP contribution in [0.2, 0.25) is 0 Å². The molecule has 0 bridgehead atoms. The van der Waals surface area contributed by atoms with Crippen molar-refractivity contribution in [2.24, 2.45) is 0 Å². The molecule has 1 fully saturated rings. The zero-order valence-corrected chi connectivity index (χ0v) is 18.6. The Hall–Kier alpha value is -3.27. The predicted octanol–water partition coefficient (Wildman–Crippen LogP) is 2.98. The highest BCUT2D eigenvalue weighted by Crippen LogP contribution is 2.30. The van der Waals surface area contributed by atoms with Gasteiger partial charge in [-0.05, 0) is 19.1 Å². The van der Waals surface area contributed by atoms with Crippen LogP contribution in [-0.4, -0.2) is 62.0 Å². The summed E-state index contributed by atoms with van der Waals surface area (Å²) in [5, 5.41) is 14.0. The van der Waals surface area contributed by atoms with E-state index in [9.17, 15) is 9.90 Å². The summed E-state index contributed by atoms with van der Waals surface area (Å²) in [5.41, 5.74) is 1.85. The Bertz CT molecular complexity index is 945. The minimum absolute atomic E-state index is 0.0686. The van der Waals surface area contributed by atoms with Crippen LogP contribution in [0.15, 0.2) is 66.7 Å². The van der Waals surface area contributed by atoms with Crippen molar-refractivity contribution < 1.29 is 14.6 Å². The third-order valence-electron chi connectivity index (χ3n) is 5.49. The Morgan fingerprint density at radius 2 is 1.75 bits per heavy atom. The number of terminal acetylenes is 1. The SMILES string of the molecule is C#CC(O)(c1ccccc1)c1ccc(N2CCN(C(=O)NCCOCC(=C)C)CC2)cc1. The average molecular weight is 434 g/mol. The van der Waals surface area contributed by atoms with E-state index in [0.29, 0.717) is 44.0 Å². The lowest BCUT2D eigenvalue weighted by Gasteiger charge is -2.36. The molecule has 0 spiro atoms. The van der Waals surface area contributed by atoms with Crippen molar-refractivity contribution in [2.75, 3.05) is 50.8 Å². The lowest BCUT2D eigenvalue weighted by molar-refractivity contribution is 0.145. The van der Waals surface area contributed by atoms with Crippen LogP contribution in [0, 0.1) is 12.3 Å². The summed E-state index contributed by atoms with van der Waals surface area (Å²) >= 11 is 0. The molecule has 2 aromatic carbocycles. The van der Waals surface area contributed by atoms with Gasteiger partial charge in [0.15, 0.2) is 5.60 Å². The molecule has 0 saturated carbocycles. The van der Waals surface area contributed by atoms with Gasteiger partial charge in [0.2, 0.25) is 0 Å². The number of amides is 2. The third-order valence-corrected chi connectivity index (χ3v) is 5.49. The van der Waals surface area contributed by atoms with Crippen molar-refractivity contribution in [1.29, 1.82) is 0 Å². The van der Waals surface area contributed by atoms with Crippen molar-refractivity contribution >= 4 is 11.7 Å². The Morgan fingerprint density at radius 3 is 2.34 bits per heavy atom. The van der Waals surface area contributed by atoms with Gasteiger partial charge in [-0.25, -0.2) is 4.79 Å². The van der Waals surface area contributed by atoms with Crippen molar-refractivity contribution in [3.05, 3.63) is 77.9 Å². The number of ether oxygens (including phenoxy) is 1. The number of hydrogen-bond donors (Lipinski definition) is 2. The van der Waals surface area contributed by atoms with Crippen molar-refractivity contribution in [1.82, 2.24) is 10.2 Å².